The predicted octanol–water partition coefficient (Wildman–Crippen LogP) is 4.47. The maximum atomic E-state index is 10.9. The van der Waals surface area contributed by atoms with Gasteiger partial charge in [0.25, 0.3) is 5.69 Å². The zero-order chi connectivity index (χ0) is 13.8. The zero-order valence-corrected chi connectivity index (χ0v) is 13.7. The van der Waals surface area contributed by atoms with Crippen molar-refractivity contribution in [2.75, 3.05) is 0 Å². The van der Waals surface area contributed by atoms with Gasteiger partial charge in [0, 0.05) is 34.1 Å². The number of para-hydroxylation sites is 1. The molecular formula is C12H10Br2N2O2S. The molecule has 0 aliphatic rings. The third-order valence-electron chi connectivity index (χ3n) is 2.50. The molecule has 1 aromatic heterocycles. The molecule has 4 nitrogen and oxygen atoms in total. The van der Waals surface area contributed by atoms with Gasteiger partial charge in [-0.2, -0.15) is 0 Å². The van der Waals surface area contributed by atoms with Gasteiger partial charge in [-0.1, -0.05) is 18.2 Å². The van der Waals surface area contributed by atoms with Gasteiger partial charge in [0.2, 0.25) is 0 Å². The molecule has 0 amide bonds. The van der Waals surface area contributed by atoms with Crippen molar-refractivity contribution in [3.05, 3.63) is 59.1 Å². The Labute approximate surface area is 131 Å². The van der Waals surface area contributed by atoms with Gasteiger partial charge in [-0.3, -0.25) is 10.1 Å². The van der Waals surface area contributed by atoms with Crippen molar-refractivity contribution < 1.29 is 4.92 Å². The van der Waals surface area contributed by atoms with Gasteiger partial charge < -0.3 is 5.32 Å². The molecule has 2 rings (SSSR count). The number of hydrogen-bond donors (Lipinski definition) is 1. The molecule has 0 fully saturated rings. The van der Waals surface area contributed by atoms with Gasteiger partial charge in [0.1, 0.15) is 0 Å². The van der Waals surface area contributed by atoms with E-state index in [1.165, 1.54) is 6.07 Å². The van der Waals surface area contributed by atoms with E-state index in [4.69, 9.17) is 0 Å². The summed E-state index contributed by atoms with van der Waals surface area (Å²) in [5, 5.41) is 14.1. The van der Waals surface area contributed by atoms with Crippen LogP contribution < -0.4 is 5.32 Å². The number of nitro groups is 1. The lowest BCUT2D eigenvalue weighted by Crippen LogP contribution is -2.12. The predicted molar refractivity (Wildman–Crippen MR) is 83.4 cm³/mol. The number of thiophene rings is 1. The molecule has 19 heavy (non-hydrogen) atoms. The van der Waals surface area contributed by atoms with E-state index < -0.39 is 0 Å². The quantitative estimate of drug-likeness (QED) is 0.589. The normalized spacial score (nSPS) is 10.6. The lowest BCUT2D eigenvalue weighted by Gasteiger charge is -2.04. The number of benzene rings is 1. The molecule has 1 aromatic carbocycles. The van der Waals surface area contributed by atoms with E-state index in [-0.39, 0.29) is 10.6 Å². The average Bonchev–Trinajstić information content (AvgIpc) is 2.69. The molecule has 0 radical (unpaired) electrons. The van der Waals surface area contributed by atoms with E-state index in [1.807, 2.05) is 12.1 Å². The SMILES string of the molecule is O=[N+]([O-])c1ccccc1CNCc1cc(Br)c(Br)s1. The molecule has 100 valence electrons. The molecule has 0 saturated carbocycles. The standard InChI is InChI=1S/C12H10Br2N2O2S/c13-10-5-9(19-12(10)14)7-15-6-8-3-1-2-4-11(8)16(17)18/h1-5,15H,6-7H2. The molecule has 0 bridgehead atoms. The second kappa shape index (κ2) is 6.60. The Bertz CT molecular complexity index is 582. The second-order valence-electron chi connectivity index (χ2n) is 3.82. The Morgan fingerprint density at radius 2 is 2.00 bits per heavy atom. The van der Waals surface area contributed by atoms with Crippen LogP contribution in [0.1, 0.15) is 10.4 Å². The molecule has 0 atom stereocenters. The molecule has 0 spiro atoms. The summed E-state index contributed by atoms with van der Waals surface area (Å²) >= 11 is 8.50. The Balaban J connectivity index is 1.98. The Hall–Kier alpha value is -0.760. The minimum atomic E-state index is -0.352. The topological polar surface area (TPSA) is 55.2 Å². The summed E-state index contributed by atoms with van der Waals surface area (Å²) in [6.45, 7) is 1.16. The minimum Gasteiger partial charge on any atom is -0.308 e. The fourth-order valence-corrected chi connectivity index (χ4v) is 3.78. The van der Waals surface area contributed by atoms with Crippen molar-refractivity contribution in [1.82, 2.24) is 5.32 Å². The lowest BCUT2D eigenvalue weighted by atomic mass is 10.2. The summed E-state index contributed by atoms with van der Waals surface area (Å²) in [7, 11) is 0. The monoisotopic (exact) mass is 404 g/mol. The summed E-state index contributed by atoms with van der Waals surface area (Å²) in [6.07, 6.45) is 0. The van der Waals surface area contributed by atoms with Crippen LogP contribution in [0.15, 0.2) is 38.6 Å². The van der Waals surface area contributed by atoms with Crippen molar-refractivity contribution in [3.8, 4) is 0 Å². The molecule has 1 heterocycles. The van der Waals surface area contributed by atoms with Crippen molar-refractivity contribution in [3.63, 3.8) is 0 Å². The average molecular weight is 406 g/mol. The van der Waals surface area contributed by atoms with Crippen LogP contribution in [0.2, 0.25) is 0 Å². The van der Waals surface area contributed by atoms with Crippen LogP contribution >= 0.6 is 43.2 Å². The minimum absolute atomic E-state index is 0.156. The molecule has 0 saturated heterocycles. The van der Waals surface area contributed by atoms with Gasteiger partial charge in [-0.25, -0.2) is 0 Å². The summed E-state index contributed by atoms with van der Waals surface area (Å²) in [5.41, 5.74) is 0.853. The van der Waals surface area contributed by atoms with Crippen LogP contribution in [0.3, 0.4) is 0 Å². The number of rotatable bonds is 5. The van der Waals surface area contributed by atoms with E-state index in [0.717, 1.165) is 13.1 Å². The van der Waals surface area contributed by atoms with E-state index in [1.54, 1.807) is 23.5 Å². The molecule has 7 heteroatoms. The maximum Gasteiger partial charge on any atom is 0.273 e. The van der Waals surface area contributed by atoms with Crippen LogP contribution in [-0.4, -0.2) is 4.92 Å². The lowest BCUT2D eigenvalue weighted by molar-refractivity contribution is -0.385. The van der Waals surface area contributed by atoms with E-state index in [2.05, 4.69) is 37.2 Å². The molecule has 0 aliphatic heterocycles. The molecular weight excluding hydrogens is 396 g/mol. The fraction of sp³-hybridized carbons (Fsp3) is 0.167. The number of halogens is 2. The first-order valence-corrected chi connectivity index (χ1v) is 7.85. The number of nitrogens with one attached hydrogen (secondary N) is 1. The first-order chi connectivity index (χ1) is 9.08. The Morgan fingerprint density at radius 1 is 1.26 bits per heavy atom. The maximum absolute atomic E-state index is 10.9. The molecule has 0 aliphatic carbocycles. The smallest absolute Gasteiger partial charge is 0.273 e. The van der Waals surface area contributed by atoms with Crippen LogP contribution in [0.25, 0.3) is 0 Å². The Kier molecular flexibility index (Phi) is 5.09. The highest BCUT2D eigenvalue weighted by Gasteiger charge is 2.11. The number of hydrogen-bond acceptors (Lipinski definition) is 4. The summed E-state index contributed by atoms with van der Waals surface area (Å²) in [4.78, 5) is 11.7. The second-order valence-corrected chi connectivity index (χ2v) is 7.13. The van der Waals surface area contributed by atoms with E-state index in [0.29, 0.717) is 18.7 Å². The summed E-state index contributed by atoms with van der Waals surface area (Å²) in [5.74, 6) is 0. The fourth-order valence-electron chi connectivity index (χ4n) is 1.64. The van der Waals surface area contributed by atoms with Crippen molar-refractivity contribution in [2.24, 2.45) is 0 Å². The first kappa shape index (κ1) is 14.6. The van der Waals surface area contributed by atoms with Gasteiger partial charge in [-0.05, 0) is 37.9 Å². The van der Waals surface area contributed by atoms with Gasteiger partial charge in [0.05, 0.1) is 8.71 Å². The van der Waals surface area contributed by atoms with Crippen molar-refractivity contribution in [2.45, 2.75) is 13.1 Å². The van der Waals surface area contributed by atoms with Gasteiger partial charge in [-0.15, -0.1) is 11.3 Å². The summed E-state index contributed by atoms with van der Waals surface area (Å²) < 4.78 is 2.08. The van der Waals surface area contributed by atoms with Crippen molar-refractivity contribution in [1.29, 1.82) is 0 Å². The van der Waals surface area contributed by atoms with Crippen molar-refractivity contribution >= 4 is 48.9 Å². The van der Waals surface area contributed by atoms with Crippen LogP contribution in [0.4, 0.5) is 5.69 Å². The highest BCUT2D eigenvalue weighted by molar-refractivity contribution is 9.13. The number of nitrogens with zero attached hydrogens (tertiary/aromatic N) is 1. The van der Waals surface area contributed by atoms with E-state index >= 15 is 0 Å². The highest BCUT2D eigenvalue weighted by atomic mass is 79.9. The van der Waals surface area contributed by atoms with Gasteiger partial charge >= 0.3 is 0 Å². The van der Waals surface area contributed by atoms with Gasteiger partial charge in [0.15, 0.2) is 0 Å². The summed E-state index contributed by atoms with van der Waals surface area (Å²) in [6, 6.07) is 8.80. The van der Waals surface area contributed by atoms with Crippen LogP contribution in [0.5, 0.6) is 0 Å². The molecule has 0 unspecified atom stereocenters. The largest absolute Gasteiger partial charge is 0.308 e. The van der Waals surface area contributed by atoms with E-state index in [9.17, 15) is 10.1 Å². The Morgan fingerprint density at radius 3 is 2.63 bits per heavy atom. The zero-order valence-electron chi connectivity index (χ0n) is 9.73. The van der Waals surface area contributed by atoms with Crippen LogP contribution in [-0.2, 0) is 13.1 Å². The molecule has 1 N–H and O–H groups in total. The molecule has 2 aromatic rings. The van der Waals surface area contributed by atoms with Crippen LogP contribution in [0, 0.1) is 10.1 Å². The third-order valence-corrected chi connectivity index (χ3v) is 5.76. The highest BCUT2D eigenvalue weighted by Crippen LogP contribution is 2.32. The number of nitro benzene ring substituents is 1. The third kappa shape index (κ3) is 3.85. The first-order valence-electron chi connectivity index (χ1n) is 5.44.